The summed E-state index contributed by atoms with van der Waals surface area (Å²) in [6.07, 6.45) is 4.00. The summed E-state index contributed by atoms with van der Waals surface area (Å²) in [6, 6.07) is 5.39. The van der Waals surface area contributed by atoms with Crippen LogP contribution in [0.4, 0.5) is 14.9 Å². The molecule has 0 spiro atoms. The van der Waals surface area contributed by atoms with Crippen LogP contribution < -0.4 is 15.5 Å². The van der Waals surface area contributed by atoms with Gasteiger partial charge in [0.25, 0.3) is 0 Å². The predicted octanol–water partition coefficient (Wildman–Crippen LogP) is 2.03. The van der Waals surface area contributed by atoms with E-state index in [0.717, 1.165) is 43.5 Å². The Morgan fingerprint density at radius 1 is 1.30 bits per heavy atom. The third-order valence-corrected chi connectivity index (χ3v) is 6.14. The molecular weight excluding hydrogens is 347 g/mol. The molecule has 4 rings (SSSR count). The van der Waals surface area contributed by atoms with Gasteiger partial charge in [-0.25, -0.2) is 9.18 Å². The number of amides is 3. The molecule has 7 heteroatoms. The van der Waals surface area contributed by atoms with Gasteiger partial charge in [0.2, 0.25) is 5.91 Å². The molecule has 0 aliphatic carbocycles. The van der Waals surface area contributed by atoms with Crippen molar-refractivity contribution in [3.63, 3.8) is 0 Å². The molecule has 146 valence electrons. The zero-order valence-corrected chi connectivity index (χ0v) is 15.8. The number of piperidine rings is 1. The van der Waals surface area contributed by atoms with Crippen LogP contribution in [-0.2, 0) is 11.2 Å². The lowest BCUT2D eigenvalue weighted by molar-refractivity contribution is -0.119. The molecule has 2 saturated heterocycles. The molecule has 3 heterocycles. The first kappa shape index (κ1) is 18.1. The minimum atomic E-state index is -0.334. The number of hydrogen-bond donors (Lipinski definition) is 2. The summed E-state index contributed by atoms with van der Waals surface area (Å²) in [5.74, 6) is -0.118. The van der Waals surface area contributed by atoms with Gasteiger partial charge < -0.3 is 20.4 Å². The molecule has 1 atom stereocenters. The van der Waals surface area contributed by atoms with Crippen LogP contribution in [0.25, 0.3) is 0 Å². The van der Waals surface area contributed by atoms with Crippen LogP contribution in [-0.4, -0.2) is 54.6 Å². The lowest BCUT2D eigenvalue weighted by Crippen LogP contribution is -2.54. The van der Waals surface area contributed by atoms with E-state index in [1.54, 1.807) is 6.07 Å². The fourth-order valence-corrected chi connectivity index (χ4v) is 4.52. The maximum Gasteiger partial charge on any atom is 0.317 e. The second-order valence-electron chi connectivity index (χ2n) is 8.20. The van der Waals surface area contributed by atoms with Gasteiger partial charge in [-0.15, -0.1) is 0 Å². The maximum absolute atomic E-state index is 13.4. The standard InChI is InChI=1S/C20H27FN4O2/c1-20(8-4-18(26)23-20)13-22-19(27)24-9-6-16(7-10-24)25-11-5-14-12-15(21)2-3-17(14)25/h2-3,12,16H,4-11,13H2,1H3,(H,22,27)(H,23,26). The molecule has 6 nitrogen and oxygen atoms in total. The molecule has 2 fully saturated rings. The minimum absolute atomic E-state index is 0.0540. The summed E-state index contributed by atoms with van der Waals surface area (Å²) >= 11 is 0. The lowest BCUT2D eigenvalue weighted by Gasteiger charge is -2.38. The lowest BCUT2D eigenvalue weighted by atomic mass is 10.0. The van der Waals surface area contributed by atoms with Crippen molar-refractivity contribution in [2.24, 2.45) is 0 Å². The first-order chi connectivity index (χ1) is 12.9. The molecule has 3 aliphatic heterocycles. The Kier molecular flexibility index (Phi) is 4.70. The number of carbonyl (C=O) groups is 2. The van der Waals surface area contributed by atoms with Crippen molar-refractivity contribution in [3.05, 3.63) is 29.6 Å². The summed E-state index contributed by atoms with van der Waals surface area (Å²) in [5.41, 5.74) is 1.89. The Labute approximate surface area is 159 Å². The van der Waals surface area contributed by atoms with Gasteiger partial charge in [-0.1, -0.05) is 0 Å². The number of benzene rings is 1. The highest BCUT2D eigenvalue weighted by atomic mass is 19.1. The van der Waals surface area contributed by atoms with E-state index in [2.05, 4.69) is 15.5 Å². The molecule has 0 aromatic heterocycles. The van der Waals surface area contributed by atoms with Crippen molar-refractivity contribution in [2.45, 2.75) is 50.6 Å². The maximum atomic E-state index is 13.4. The van der Waals surface area contributed by atoms with Crippen molar-refractivity contribution >= 4 is 17.6 Å². The van der Waals surface area contributed by atoms with E-state index in [1.807, 2.05) is 17.9 Å². The van der Waals surface area contributed by atoms with Crippen LogP contribution in [0.3, 0.4) is 0 Å². The highest BCUT2D eigenvalue weighted by molar-refractivity contribution is 5.80. The summed E-state index contributed by atoms with van der Waals surface area (Å²) in [6.45, 7) is 4.79. The molecule has 0 saturated carbocycles. The Hall–Kier alpha value is -2.31. The van der Waals surface area contributed by atoms with Gasteiger partial charge in [0.1, 0.15) is 5.82 Å². The minimum Gasteiger partial charge on any atom is -0.368 e. The van der Waals surface area contributed by atoms with Crippen molar-refractivity contribution in [1.29, 1.82) is 0 Å². The Balaban J connectivity index is 1.28. The second-order valence-corrected chi connectivity index (χ2v) is 8.20. The molecule has 27 heavy (non-hydrogen) atoms. The normalized spacial score (nSPS) is 25.5. The number of likely N-dealkylation sites (tertiary alicyclic amines) is 1. The van der Waals surface area contributed by atoms with Gasteiger partial charge >= 0.3 is 6.03 Å². The highest BCUT2D eigenvalue weighted by Gasteiger charge is 2.35. The van der Waals surface area contributed by atoms with Gasteiger partial charge in [0.15, 0.2) is 0 Å². The van der Waals surface area contributed by atoms with Crippen molar-refractivity contribution in [3.8, 4) is 0 Å². The third kappa shape index (κ3) is 3.73. The van der Waals surface area contributed by atoms with Gasteiger partial charge in [0, 0.05) is 44.3 Å². The highest BCUT2D eigenvalue weighted by Crippen LogP contribution is 2.33. The zero-order valence-electron chi connectivity index (χ0n) is 15.8. The molecular formula is C20H27FN4O2. The zero-order chi connectivity index (χ0) is 19.0. The molecule has 1 unspecified atom stereocenters. The summed E-state index contributed by atoms with van der Waals surface area (Å²) in [5, 5.41) is 5.92. The van der Waals surface area contributed by atoms with Crippen LogP contribution in [0.5, 0.6) is 0 Å². The Morgan fingerprint density at radius 3 is 2.78 bits per heavy atom. The molecule has 2 N–H and O–H groups in total. The number of urea groups is 1. The van der Waals surface area contributed by atoms with E-state index in [-0.39, 0.29) is 23.3 Å². The second kappa shape index (κ2) is 7.02. The van der Waals surface area contributed by atoms with Crippen LogP contribution in [0, 0.1) is 5.82 Å². The predicted molar refractivity (Wildman–Crippen MR) is 101 cm³/mol. The SMILES string of the molecule is CC1(CNC(=O)N2CCC(N3CCc4cc(F)ccc43)CC2)CCC(=O)N1. The van der Waals surface area contributed by atoms with Crippen molar-refractivity contribution in [2.75, 3.05) is 31.1 Å². The Bertz CT molecular complexity index is 747. The Morgan fingerprint density at radius 2 is 2.07 bits per heavy atom. The average Bonchev–Trinajstić information content (AvgIpc) is 3.23. The molecule has 0 bridgehead atoms. The molecule has 3 aliphatic rings. The van der Waals surface area contributed by atoms with Crippen molar-refractivity contribution < 1.29 is 14.0 Å². The molecule has 3 amide bonds. The van der Waals surface area contributed by atoms with E-state index in [0.29, 0.717) is 32.1 Å². The number of nitrogens with one attached hydrogen (secondary N) is 2. The number of rotatable bonds is 3. The van der Waals surface area contributed by atoms with Gasteiger partial charge in [-0.05, 0) is 56.4 Å². The first-order valence-corrected chi connectivity index (χ1v) is 9.82. The van der Waals surface area contributed by atoms with Gasteiger partial charge in [0.05, 0.1) is 5.54 Å². The molecule has 1 aromatic carbocycles. The summed E-state index contributed by atoms with van der Waals surface area (Å²) in [7, 11) is 0. The molecule has 0 radical (unpaired) electrons. The van der Waals surface area contributed by atoms with E-state index in [1.165, 1.54) is 6.07 Å². The number of nitrogens with zero attached hydrogens (tertiary/aromatic N) is 2. The number of halogens is 1. The number of hydrogen-bond acceptors (Lipinski definition) is 3. The number of anilines is 1. The fourth-order valence-electron chi connectivity index (χ4n) is 4.52. The van der Waals surface area contributed by atoms with E-state index < -0.39 is 0 Å². The largest absolute Gasteiger partial charge is 0.368 e. The van der Waals surface area contributed by atoms with Gasteiger partial charge in [-0.3, -0.25) is 4.79 Å². The monoisotopic (exact) mass is 374 g/mol. The fraction of sp³-hybridized carbons (Fsp3) is 0.600. The smallest absolute Gasteiger partial charge is 0.317 e. The van der Waals surface area contributed by atoms with Crippen LogP contribution >= 0.6 is 0 Å². The number of fused-ring (bicyclic) bond motifs is 1. The quantitative estimate of drug-likeness (QED) is 0.851. The van der Waals surface area contributed by atoms with E-state index >= 15 is 0 Å². The van der Waals surface area contributed by atoms with Crippen molar-refractivity contribution in [1.82, 2.24) is 15.5 Å². The van der Waals surface area contributed by atoms with Crippen LogP contribution in [0.2, 0.25) is 0 Å². The van der Waals surface area contributed by atoms with Crippen LogP contribution in [0.15, 0.2) is 18.2 Å². The summed E-state index contributed by atoms with van der Waals surface area (Å²) in [4.78, 5) is 28.1. The first-order valence-electron chi connectivity index (χ1n) is 9.82. The summed E-state index contributed by atoms with van der Waals surface area (Å²) < 4.78 is 13.4. The van der Waals surface area contributed by atoms with Crippen LogP contribution in [0.1, 0.15) is 38.2 Å². The molecule has 1 aromatic rings. The third-order valence-electron chi connectivity index (χ3n) is 6.14. The van der Waals surface area contributed by atoms with E-state index in [4.69, 9.17) is 0 Å². The van der Waals surface area contributed by atoms with Gasteiger partial charge in [-0.2, -0.15) is 0 Å². The topological polar surface area (TPSA) is 64.7 Å². The average molecular weight is 374 g/mol. The number of carbonyl (C=O) groups excluding carboxylic acids is 2. The van der Waals surface area contributed by atoms with E-state index in [9.17, 15) is 14.0 Å².